The van der Waals surface area contributed by atoms with Gasteiger partial charge in [0.1, 0.15) is 17.6 Å². The number of nitriles is 1. The van der Waals surface area contributed by atoms with Crippen molar-refractivity contribution in [3.63, 3.8) is 0 Å². The Hall–Kier alpha value is -3.04. The zero-order valence-corrected chi connectivity index (χ0v) is 14.3. The van der Waals surface area contributed by atoms with E-state index in [1.54, 1.807) is 43.5 Å². The van der Waals surface area contributed by atoms with Gasteiger partial charge in [-0.3, -0.25) is 0 Å². The third kappa shape index (κ3) is 3.28. The number of hydrogen-bond acceptors (Lipinski definition) is 5. The van der Waals surface area contributed by atoms with E-state index in [0.29, 0.717) is 17.1 Å². The van der Waals surface area contributed by atoms with E-state index < -0.39 is 9.84 Å². The number of allylic oxidation sites excluding steroid dienone is 1. The lowest BCUT2D eigenvalue weighted by Gasteiger charge is -2.18. The molecule has 5 nitrogen and oxygen atoms in total. The highest BCUT2D eigenvalue weighted by atomic mass is 32.2. The van der Waals surface area contributed by atoms with Crippen LogP contribution in [0.15, 0.2) is 70.0 Å². The summed E-state index contributed by atoms with van der Waals surface area (Å²) < 4.78 is 36.1. The Kier molecular flexibility index (Phi) is 4.59. The van der Waals surface area contributed by atoms with Gasteiger partial charge in [-0.15, -0.1) is 0 Å². The molecule has 0 saturated carbocycles. The van der Waals surface area contributed by atoms with Gasteiger partial charge in [-0.2, -0.15) is 5.26 Å². The van der Waals surface area contributed by atoms with E-state index in [0.717, 1.165) is 5.56 Å². The van der Waals surface area contributed by atoms with Crippen LogP contribution in [0.5, 0.6) is 11.5 Å². The summed E-state index contributed by atoms with van der Waals surface area (Å²) >= 11 is 0. The fourth-order valence-electron chi connectivity index (χ4n) is 2.51. The third-order valence-corrected chi connectivity index (χ3v) is 5.40. The minimum Gasteiger partial charge on any atom is -0.493 e. The van der Waals surface area contributed by atoms with Gasteiger partial charge >= 0.3 is 0 Å². The summed E-state index contributed by atoms with van der Waals surface area (Å²) in [7, 11) is -2.31. The molecule has 1 heterocycles. The molecule has 0 bridgehead atoms. The van der Waals surface area contributed by atoms with Gasteiger partial charge in [0, 0.05) is 5.56 Å². The second kappa shape index (κ2) is 6.83. The molecule has 3 rings (SSSR count). The van der Waals surface area contributed by atoms with Crippen LogP contribution in [0.4, 0.5) is 0 Å². The smallest absolute Gasteiger partial charge is 0.216 e. The monoisotopic (exact) mass is 353 g/mol. The van der Waals surface area contributed by atoms with Crippen molar-refractivity contribution in [1.82, 2.24) is 0 Å². The van der Waals surface area contributed by atoms with Crippen LogP contribution in [0.3, 0.4) is 0 Å². The zero-order chi connectivity index (χ0) is 17.9. The molecule has 126 valence electrons. The van der Waals surface area contributed by atoms with Crippen molar-refractivity contribution in [2.45, 2.75) is 4.90 Å². The van der Waals surface area contributed by atoms with E-state index in [2.05, 4.69) is 0 Å². The first-order chi connectivity index (χ1) is 12.1. The lowest BCUT2D eigenvalue weighted by atomic mass is 10.1. The molecule has 0 spiro atoms. The van der Waals surface area contributed by atoms with E-state index in [1.165, 1.54) is 18.2 Å². The van der Waals surface area contributed by atoms with Crippen LogP contribution in [0.25, 0.3) is 6.08 Å². The number of ether oxygens (including phenoxy) is 2. The number of sulfone groups is 1. The predicted octanol–water partition coefficient (Wildman–Crippen LogP) is 3.35. The first-order valence-electron chi connectivity index (χ1n) is 7.48. The van der Waals surface area contributed by atoms with Crippen molar-refractivity contribution < 1.29 is 17.9 Å². The van der Waals surface area contributed by atoms with Crippen molar-refractivity contribution in [3.8, 4) is 17.6 Å². The minimum atomic E-state index is -3.86. The Morgan fingerprint density at radius 3 is 2.64 bits per heavy atom. The molecular formula is C19H15NO4S. The maximum atomic E-state index is 12.6. The topological polar surface area (TPSA) is 76.4 Å². The van der Waals surface area contributed by atoms with Crippen LogP contribution < -0.4 is 9.47 Å². The lowest BCUT2D eigenvalue weighted by Crippen LogP contribution is -2.09. The van der Waals surface area contributed by atoms with Gasteiger partial charge < -0.3 is 9.47 Å². The molecule has 0 fully saturated rings. The molecule has 0 aliphatic carbocycles. The Morgan fingerprint density at radius 2 is 1.96 bits per heavy atom. The van der Waals surface area contributed by atoms with E-state index in [-0.39, 0.29) is 16.4 Å². The number of para-hydroxylation sites is 1. The number of fused-ring (bicyclic) bond motifs is 1. The van der Waals surface area contributed by atoms with Crippen LogP contribution >= 0.6 is 0 Å². The summed E-state index contributed by atoms with van der Waals surface area (Å²) in [5, 5.41) is 9.35. The first kappa shape index (κ1) is 16.8. The quantitative estimate of drug-likeness (QED) is 0.788. The average molecular weight is 353 g/mol. The van der Waals surface area contributed by atoms with Gasteiger partial charge in [-0.1, -0.05) is 30.3 Å². The zero-order valence-electron chi connectivity index (χ0n) is 13.5. The van der Waals surface area contributed by atoms with Crippen molar-refractivity contribution in [2.24, 2.45) is 0 Å². The van der Waals surface area contributed by atoms with Gasteiger partial charge in [-0.05, 0) is 35.9 Å². The fraction of sp³-hybridized carbons (Fsp3) is 0.105. The molecule has 0 saturated heterocycles. The average Bonchev–Trinajstić information content (AvgIpc) is 2.65. The van der Waals surface area contributed by atoms with Crippen molar-refractivity contribution in [3.05, 3.63) is 70.6 Å². The largest absolute Gasteiger partial charge is 0.493 e. The Morgan fingerprint density at radius 1 is 1.20 bits per heavy atom. The number of nitrogens with zero attached hydrogens (tertiary/aromatic N) is 1. The predicted molar refractivity (Wildman–Crippen MR) is 93.8 cm³/mol. The molecule has 1 aliphatic heterocycles. The molecule has 25 heavy (non-hydrogen) atoms. The molecule has 6 heteroatoms. The normalized spacial score (nSPS) is 13.9. The van der Waals surface area contributed by atoms with Gasteiger partial charge in [0.05, 0.1) is 12.0 Å². The molecule has 0 N–H and O–H groups in total. The number of methoxy groups -OCH3 is 1. The van der Waals surface area contributed by atoms with Crippen LogP contribution in [0.1, 0.15) is 5.56 Å². The van der Waals surface area contributed by atoms with E-state index >= 15 is 0 Å². The summed E-state index contributed by atoms with van der Waals surface area (Å²) in [5.74, 6) is 1.21. The second-order valence-electron chi connectivity index (χ2n) is 5.32. The molecule has 1 aliphatic rings. The Labute approximate surface area is 146 Å². The van der Waals surface area contributed by atoms with E-state index in [4.69, 9.17) is 9.47 Å². The summed E-state index contributed by atoms with van der Waals surface area (Å²) in [6, 6.07) is 15.1. The Bertz CT molecular complexity index is 999. The highest BCUT2D eigenvalue weighted by Crippen LogP contribution is 2.36. The summed E-state index contributed by atoms with van der Waals surface area (Å²) in [5.41, 5.74) is 1.36. The lowest BCUT2D eigenvalue weighted by molar-refractivity contribution is 0.318. The number of hydrogen-bond donors (Lipinski definition) is 0. The van der Waals surface area contributed by atoms with Crippen molar-refractivity contribution >= 4 is 15.9 Å². The summed E-state index contributed by atoms with van der Waals surface area (Å²) in [6.07, 6.45) is 3.14. The molecule has 2 aromatic carbocycles. The number of benzene rings is 2. The number of rotatable bonds is 4. The van der Waals surface area contributed by atoms with E-state index in [1.807, 2.05) is 12.1 Å². The molecule has 0 amide bonds. The van der Waals surface area contributed by atoms with Crippen LogP contribution in [-0.2, 0) is 9.84 Å². The summed E-state index contributed by atoms with van der Waals surface area (Å²) in [4.78, 5) is -0.234. The van der Waals surface area contributed by atoms with Crippen molar-refractivity contribution in [1.29, 1.82) is 5.26 Å². The van der Waals surface area contributed by atoms with Crippen molar-refractivity contribution in [2.75, 3.05) is 13.7 Å². The highest BCUT2D eigenvalue weighted by Gasteiger charge is 2.22. The maximum absolute atomic E-state index is 12.6. The molecular weight excluding hydrogens is 338 g/mol. The standard InChI is InChI=1S/C19H15NO4S/c1-23-18-9-5-6-15-10-14(13-24-19(15)18)11-17(12-20)25(21,22)16-7-3-2-4-8-16/h2-11H,13H2,1H3/b17-11-. The second-order valence-corrected chi connectivity index (χ2v) is 7.24. The molecule has 2 aromatic rings. The van der Waals surface area contributed by atoms with Gasteiger partial charge in [-0.25, -0.2) is 8.42 Å². The molecule has 0 radical (unpaired) electrons. The van der Waals surface area contributed by atoms with Gasteiger partial charge in [0.2, 0.25) is 9.84 Å². The molecule has 0 aromatic heterocycles. The Balaban J connectivity index is 2.02. The SMILES string of the molecule is COc1cccc2c1OCC(/C=C(/C#N)S(=O)(=O)c1ccccc1)=C2. The summed E-state index contributed by atoms with van der Waals surface area (Å²) in [6.45, 7) is 0.156. The molecule has 0 unspecified atom stereocenters. The minimum absolute atomic E-state index is 0.0854. The van der Waals surface area contributed by atoms with Gasteiger partial charge in [0.25, 0.3) is 0 Å². The van der Waals surface area contributed by atoms with Crippen LogP contribution in [0.2, 0.25) is 0 Å². The third-order valence-electron chi connectivity index (χ3n) is 3.72. The molecule has 0 atom stereocenters. The van der Waals surface area contributed by atoms with Crippen LogP contribution in [-0.4, -0.2) is 22.1 Å². The highest BCUT2D eigenvalue weighted by molar-refractivity contribution is 7.95. The first-order valence-corrected chi connectivity index (χ1v) is 8.97. The van der Waals surface area contributed by atoms with Gasteiger partial charge in [0.15, 0.2) is 11.5 Å². The van der Waals surface area contributed by atoms with E-state index in [9.17, 15) is 13.7 Å². The van der Waals surface area contributed by atoms with Crippen LogP contribution in [0, 0.1) is 11.3 Å². The fourth-order valence-corrected chi connectivity index (χ4v) is 3.70. The maximum Gasteiger partial charge on any atom is 0.216 e.